The van der Waals surface area contributed by atoms with Crippen molar-refractivity contribution in [2.45, 2.75) is 87.0 Å². The average molecular weight is 469 g/mol. The number of halogens is 1. The Morgan fingerprint density at radius 2 is 2.03 bits per heavy atom. The minimum Gasteiger partial charge on any atom is -0.481 e. The minimum atomic E-state index is -1.22. The van der Waals surface area contributed by atoms with E-state index in [4.69, 9.17) is 4.74 Å². The third-order valence-electron chi connectivity index (χ3n) is 9.39. The molecule has 0 radical (unpaired) electrons. The normalized spacial score (nSPS) is 53.1. The molecule has 0 amide bonds. The Labute approximate surface area is 178 Å². The third kappa shape index (κ3) is 2.28. The fourth-order valence-corrected chi connectivity index (χ4v) is 9.23. The molecule has 1 spiro atoms. The van der Waals surface area contributed by atoms with Crippen molar-refractivity contribution in [3.63, 3.8) is 0 Å². The van der Waals surface area contributed by atoms with Gasteiger partial charge in [-0.1, -0.05) is 28.4 Å². The first-order valence-corrected chi connectivity index (χ1v) is 11.6. The van der Waals surface area contributed by atoms with E-state index in [2.05, 4.69) is 22.9 Å². The Morgan fingerprint density at radius 1 is 1.28 bits per heavy atom. The highest BCUT2D eigenvalue weighted by Crippen LogP contribution is 2.75. The highest BCUT2D eigenvalue weighted by molar-refractivity contribution is 9.10. The summed E-state index contributed by atoms with van der Waals surface area (Å²) in [7, 11) is 0. The van der Waals surface area contributed by atoms with Gasteiger partial charge in [0, 0.05) is 18.3 Å². The van der Waals surface area contributed by atoms with Gasteiger partial charge < -0.3 is 20.1 Å². The molecule has 0 aromatic heterocycles. The molecule has 8 atom stereocenters. The Balaban J connectivity index is 1.59. The molecule has 2 bridgehead atoms. The zero-order valence-corrected chi connectivity index (χ0v) is 18.3. The number of aliphatic carboxylic acids is 1. The van der Waals surface area contributed by atoms with E-state index in [0.717, 1.165) is 25.7 Å². The van der Waals surface area contributed by atoms with Gasteiger partial charge in [0.2, 0.25) is 0 Å². The fraction of sp³-hybridized carbons (Fsp3) is 0.818. The molecule has 3 saturated carbocycles. The number of rotatable bonds is 3. The van der Waals surface area contributed by atoms with Crippen molar-refractivity contribution in [2.75, 3.05) is 0 Å². The van der Waals surface area contributed by atoms with Gasteiger partial charge in [0.25, 0.3) is 0 Å². The van der Waals surface area contributed by atoms with Crippen molar-refractivity contribution in [1.82, 2.24) is 0 Å². The van der Waals surface area contributed by atoms with Gasteiger partial charge in [-0.25, -0.2) is 0 Å². The summed E-state index contributed by atoms with van der Waals surface area (Å²) >= 11 is 4.14. The first-order chi connectivity index (χ1) is 13.6. The van der Waals surface area contributed by atoms with Crippen LogP contribution in [0.2, 0.25) is 0 Å². The van der Waals surface area contributed by atoms with Crippen LogP contribution in [0, 0.1) is 22.7 Å². The predicted molar refractivity (Wildman–Crippen MR) is 107 cm³/mol. The van der Waals surface area contributed by atoms with Crippen LogP contribution >= 0.6 is 15.9 Å². The number of carboxylic acids is 1. The lowest BCUT2D eigenvalue weighted by molar-refractivity contribution is -0.199. The smallest absolute Gasteiger partial charge is 0.303 e. The number of carboxylic acid groups (broad SMARTS) is 1. The predicted octanol–water partition coefficient (Wildman–Crippen LogP) is 2.94. The molecule has 1 aliphatic heterocycles. The lowest BCUT2D eigenvalue weighted by Crippen LogP contribution is -2.66. The Bertz CT molecular complexity index is 811. The van der Waals surface area contributed by atoms with Crippen LogP contribution in [0.5, 0.6) is 0 Å². The van der Waals surface area contributed by atoms with E-state index in [9.17, 15) is 24.9 Å². The molecule has 0 aromatic rings. The number of aliphatic hydroxyl groups is 2. The Morgan fingerprint density at radius 3 is 2.76 bits per heavy atom. The number of fused-ring (bicyclic) bond motifs is 6. The second-order valence-corrected chi connectivity index (χ2v) is 11.5. The van der Waals surface area contributed by atoms with Crippen LogP contribution in [0.4, 0.5) is 0 Å². The zero-order valence-electron chi connectivity index (χ0n) is 16.7. The van der Waals surface area contributed by atoms with Gasteiger partial charge in [-0.15, -0.1) is 0 Å². The molecule has 29 heavy (non-hydrogen) atoms. The lowest BCUT2D eigenvalue weighted by atomic mass is 9.45. The number of allylic oxidation sites excluding steroid dienone is 1. The highest BCUT2D eigenvalue weighted by atomic mass is 79.9. The van der Waals surface area contributed by atoms with Gasteiger partial charge in [-0.05, 0) is 62.9 Å². The fourth-order valence-electron chi connectivity index (χ4n) is 7.96. The number of hydrogen-bond donors (Lipinski definition) is 3. The molecule has 4 fully saturated rings. The molecule has 5 aliphatic rings. The van der Waals surface area contributed by atoms with Crippen molar-refractivity contribution in [3.8, 4) is 0 Å². The Kier molecular flexibility index (Phi) is 4.27. The third-order valence-corrected chi connectivity index (χ3v) is 11.4. The number of carbonyl (C=O) groups excluding carboxylic acids is 1. The van der Waals surface area contributed by atoms with Crippen LogP contribution in [0.1, 0.15) is 64.7 Å². The first kappa shape index (κ1) is 20.2. The van der Waals surface area contributed by atoms with Crippen LogP contribution < -0.4 is 0 Å². The summed E-state index contributed by atoms with van der Waals surface area (Å²) in [5, 5.41) is 31.9. The SMILES string of the molecule is C[C@]12CCC(=O)C=C1CC[C@H]1[C@@H]3CC[C@@](O)(CCC(=O)O)[C@@]34C[C@H](OC4O)[C@@]12Br. The summed E-state index contributed by atoms with van der Waals surface area (Å²) in [6.45, 7) is 2.22. The molecule has 3 N–H and O–H groups in total. The van der Waals surface area contributed by atoms with Gasteiger partial charge >= 0.3 is 5.97 Å². The number of alkyl halides is 1. The minimum absolute atomic E-state index is 0.0606. The van der Waals surface area contributed by atoms with Crippen LogP contribution in [0.3, 0.4) is 0 Å². The van der Waals surface area contributed by atoms with Gasteiger partial charge in [-0.2, -0.15) is 0 Å². The number of carbonyl (C=O) groups is 2. The molecule has 5 rings (SSSR count). The molecule has 6 nitrogen and oxygen atoms in total. The standard InChI is InChI=1S/C22H29BrO6/c1-19-7-4-13(24)10-12(19)2-3-15-14-5-8-20(28,9-6-17(25)26)21(14)11-16(22(15,19)23)29-18(21)27/h10,14-16,18,27-28H,2-9,11H2,1H3,(H,25,26)/t14-,15-,16-,18?,19-,20+,21-,22-/m0/s1. The summed E-state index contributed by atoms with van der Waals surface area (Å²) in [5.41, 5.74) is -1.08. The average Bonchev–Trinajstić information content (AvgIpc) is 3.14. The van der Waals surface area contributed by atoms with Crippen molar-refractivity contribution in [2.24, 2.45) is 22.7 Å². The van der Waals surface area contributed by atoms with E-state index >= 15 is 0 Å². The molecule has 7 heteroatoms. The molecule has 4 aliphatic carbocycles. The summed E-state index contributed by atoms with van der Waals surface area (Å²) in [6.07, 6.45) is 5.27. The molecule has 160 valence electrons. The largest absolute Gasteiger partial charge is 0.481 e. The van der Waals surface area contributed by atoms with Crippen molar-refractivity contribution < 1.29 is 29.6 Å². The number of ketones is 1. The van der Waals surface area contributed by atoms with Gasteiger partial charge in [0.1, 0.15) is 0 Å². The maximum Gasteiger partial charge on any atom is 0.303 e. The van der Waals surface area contributed by atoms with Crippen LogP contribution in [0.25, 0.3) is 0 Å². The van der Waals surface area contributed by atoms with E-state index in [1.807, 2.05) is 6.08 Å². The van der Waals surface area contributed by atoms with E-state index in [1.54, 1.807) is 0 Å². The molecular weight excluding hydrogens is 440 g/mol. The molecule has 1 unspecified atom stereocenters. The summed E-state index contributed by atoms with van der Waals surface area (Å²) in [5.74, 6) is -0.479. The maximum atomic E-state index is 12.1. The van der Waals surface area contributed by atoms with Crippen molar-refractivity contribution >= 4 is 27.7 Å². The zero-order chi connectivity index (χ0) is 20.8. The summed E-state index contributed by atoms with van der Waals surface area (Å²) in [4.78, 5) is 23.3. The molecule has 0 aromatic carbocycles. The van der Waals surface area contributed by atoms with Crippen LogP contribution in [-0.4, -0.2) is 49.4 Å². The summed E-state index contributed by atoms with van der Waals surface area (Å²) in [6, 6.07) is 0. The van der Waals surface area contributed by atoms with E-state index in [-0.39, 0.29) is 42.0 Å². The second kappa shape index (κ2) is 6.15. The maximum absolute atomic E-state index is 12.1. The van der Waals surface area contributed by atoms with Crippen molar-refractivity contribution in [1.29, 1.82) is 0 Å². The topological polar surface area (TPSA) is 104 Å². The van der Waals surface area contributed by atoms with Crippen LogP contribution in [0.15, 0.2) is 11.6 Å². The molecule has 1 saturated heterocycles. The highest BCUT2D eigenvalue weighted by Gasteiger charge is 2.78. The number of hydrogen-bond acceptors (Lipinski definition) is 5. The van der Waals surface area contributed by atoms with E-state index in [1.165, 1.54) is 5.57 Å². The van der Waals surface area contributed by atoms with E-state index < -0.39 is 27.6 Å². The lowest BCUT2D eigenvalue weighted by Gasteiger charge is -2.63. The monoisotopic (exact) mass is 468 g/mol. The van der Waals surface area contributed by atoms with Gasteiger partial charge in [0.15, 0.2) is 12.1 Å². The van der Waals surface area contributed by atoms with Crippen molar-refractivity contribution in [3.05, 3.63) is 11.6 Å². The number of ether oxygens (including phenoxy) is 1. The second-order valence-electron chi connectivity index (χ2n) is 10.2. The van der Waals surface area contributed by atoms with Gasteiger partial charge in [-0.3, -0.25) is 9.59 Å². The Hall–Kier alpha value is -0.760. The quantitative estimate of drug-likeness (QED) is 0.550. The summed E-state index contributed by atoms with van der Waals surface area (Å²) < 4.78 is 5.80. The van der Waals surface area contributed by atoms with Gasteiger partial charge in [0.05, 0.1) is 21.4 Å². The molecular formula is C22H29BrO6. The van der Waals surface area contributed by atoms with E-state index in [0.29, 0.717) is 19.3 Å². The van der Waals surface area contributed by atoms with Crippen LogP contribution in [-0.2, 0) is 14.3 Å². The molecule has 1 heterocycles. The number of aliphatic hydroxyl groups excluding tert-OH is 1. The first-order valence-electron chi connectivity index (χ1n) is 10.8.